The van der Waals surface area contributed by atoms with Gasteiger partial charge < -0.3 is 18.9 Å². The normalized spacial score (nSPS) is 11.3. The van der Waals surface area contributed by atoms with Crippen molar-refractivity contribution in [2.45, 2.75) is 27.1 Å². The molecule has 0 saturated carbocycles. The van der Waals surface area contributed by atoms with Gasteiger partial charge in [-0.3, -0.25) is 0 Å². The highest BCUT2D eigenvalue weighted by atomic mass is 16.7. The van der Waals surface area contributed by atoms with Crippen molar-refractivity contribution in [3.63, 3.8) is 0 Å². The second-order valence-electron chi connectivity index (χ2n) is 3.78. The molecule has 0 bridgehead atoms. The fourth-order valence-electron chi connectivity index (χ4n) is 1.56. The molecule has 0 aliphatic rings. The quantitative estimate of drug-likeness (QED) is 0.416. The van der Waals surface area contributed by atoms with E-state index >= 15 is 0 Å². The Morgan fingerprint density at radius 3 is 2.50 bits per heavy atom. The molecule has 1 unspecified atom stereocenters. The number of benzene rings is 1. The average molecular weight is 280 g/mol. The minimum atomic E-state index is -0.753. The molecule has 1 aromatic rings. The minimum Gasteiger partial charge on any atom is -0.490 e. The number of hydrogen-bond donors (Lipinski definition) is 0. The Hall–Kier alpha value is -2.17. The molecule has 0 N–H and O–H groups in total. The van der Waals surface area contributed by atoms with Gasteiger partial charge in [0.2, 0.25) is 12.0 Å². The lowest BCUT2D eigenvalue weighted by Crippen LogP contribution is -2.20. The molecule has 1 atom stereocenters. The van der Waals surface area contributed by atoms with Crippen molar-refractivity contribution in [1.82, 2.24) is 0 Å². The smallest absolute Gasteiger partial charge is 0.333 e. The molecule has 1 aromatic carbocycles. The van der Waals surface area contributed by atoms with Crippen molar-refractivity contribution in [2.75, 3.05) is 13.2 Å². The van der Waals surface area contributed by atoms with E-state index in [1.807, 2.05) is 13.8 Å². The summed E-state index contributed by atoms with van der Waals surface area (Å²) in [6.07, 6.45) is 0.330. The molecule has 5 heteroatoms. The first-order valence-corrected chi connectivity index (χ1v) is 6.50. The zero-order valence-corrected chi connectivity index (χ0v) is 12.0. The van der Waals surface area contributed by atoms with E-state index in [-0.39, 0.29) is 0 Å². The van der Waals surface area contributed by atoms with E-state index < -0.39 is 12.3 Å². The fourth-order valence-corrected chi connectivity index (χ4v) is 1.56. The summed E-state index contributed by atoms with van der Waals surface area (Å²) in [5.74, 6) is 1.01. The molecule has 0 saturated heterocycles. The fraction of sp³-hybridized carbons (Fsp3) is 0.400. The molecular weight excluding hydrogens is 260 g/mol. The summed E-state index contributed by atoms with van der Waals surface area (Å²) < 4.78 is 21.5. The van der Waals surface area contributed by atoms with Crippen molar-refractivity contribution < 1.29 is 23.7 Å². The van der Waals surface area contributed by atoms with Gasteiger partial charge in [-0.15, -0.1) is 0 Å². The lowest BCUT2D eigenvalue weighted by atomic mass is 10.3. The highest BCUT2D eigenvalue weighted by Crippen LogP contribution is 2.37. The van der Waals surface area contributed by atoms with Crippen molar-refractivity contribution in [2.24, 2.45) is 0 Å². The van der Waals surface area contributed by atoms with Crippen molar-refractivity contribution >= 4 is 5.97 Å². The van der Waals surface area contributed by atoms with Crippen LogP contribution >= 0.6 is 0 Å². The van der Waals surface area contributed by atoms with Gasteiger partial charge in [0, 0.05) is 13.0 Å². The summed E-state index contributed by atoms with van der Waals surface area (Å²) in [7, 11) is 0. The van der Waals surface area contributed by atoms with Gasteiger partial charge >= 0.3 is 5.97 Å². The molecule has 5 nitrogen and oxygen atoms in total. The second kappa shape index (κ2) is 8.09. The molecule has 0 aliphatic carbocycles. The Morgan fingerprint density at radius 2 is 1.90 bits per heavy atom. The van der Waals surface area contributed by atoms with Crippen molar-refractivity contribution in [3.05, 3.63) is 30.9 Å². The Bertz CT molecular complexity index is 456. The zero-order chi connectivity index (χ0) is 15.0. The van der Waals surface area contributed by atoms with Crippen LogP contribution < -0.4 is 14.2 Å². The second-order valence-corrected chi connectivity index (χ2v) is 3.78. The average Bonchev–Trinajstić information content (AvgIpc) is 2.42. The van der Waals surface area contributed by atoms with Crippen LogP contribution in [-0.2, 0) is 9.53 Å². The Morgan fingerprint density at radius 1 is 1.25 bits per heavy atom. The molecule has 20 heavy (non-hydrogen) atoms. The van der Waals surface area contributed by atoms with Gasteiger partial charge in [-0.05, 0) is 26.0 Å². The molecule has 110 valence electrons. The summed E-state index contributed by atoms with van der Waals surface area (Å²) in [5, 5.41) is 0. The summed E-state index contributed by atoms with van der Waals surface area (Å²) in [4.78, 5) is 11.1. The molecule has 0 radical (unpaired) electrons. The van der Waals surface area contributed by atoms with Crippen LogP contribution in [-0.4, -0.2) is 25.5 Å². The van der Waals surface area contributed by atoms with E-state index in [9.17, 15) is 4.79 Å². The third kappa shape index (κ3) is 4.50. The number of hydrogen-bond acceptors (Lipinski definition) is 5. The first-order chi connectivity index (χ1) is 9.62. The summed E-state index contributed by atoms with van der Waals surface area (Å²) in [5.41, 5.74) is 0. The number of carbonyl (C=O) groups excluding carboxylic acids is 1. The standard InChI is InChI=1S/C15H20O5/c1-5-14(16)20-11(4)19-13-10-8-9-12(17-6-2)15(13)18-7-3/h5,8-11H,1,6-7H2,2-4H3. The lowest BCUT2D eigenvalue weighted by Gasteiger charge is -2.19. The topological polar surface area (TPSA) is 54.0 Å². The Labute approximate surface area is 119 Å². The van der Waals surface area contributed by atoms with Gasteiger partial charge in [0.1, 0.15) is 0 Å². The van der Waals surface area contributed by atoms with Crippen LogP contribution in [0.25, 0.3) is 0 Å². The van der Waals surface area contributed by atoms with Crippen LogP contribution in [0.5, 0.6) is 17.2 Å². The largest absolute Gasteiger partial charge is 0.490 e. The van der Waals surface area contributed by atoms with Crippen LogP contribution in [0, 0.1) is 0 Å². The molecule has 0 spiro atoms. The van der Waals surface area contributed by atoms with Crippen molar-refractivity contribution in [1.29, 1.82) is 0 Å². The minimum absolute atomic E-state index is 0.460. The summed E-state index contributed by atoms with van der Waals surface area (Å²) in [6, 6.07) is 5.30. The maximum atomic E-state index is 11.1. The molecule has 0 aliphatic heterocycles. The number of carbonyl (C=O) groups is 1. The lowest BCUT2D eigenvalue weighted by molar-refractivity contribution is -0.155. The maximum Gasteiger partial charge on any atom is 0.333 e. The summed E-state index contributed by atoms with van der Waals surface area (Å²) >= 11 is 0. The molecule has 0 heterocycles. The van der Waals surface area contributed by atoms with Gasteiger partial charge in [0.15, 0.2) is 11.5 Å². The number of rotatable bonds is 8. The van der Waals surface area contributed by atoms with Crippen LogP contribution in [0.2, 0.25) is 0 Å². The van der Waals surface area contributed by atoms with E-state index in [1.165, 1.54) is 0 Å². The molecule has 0 fully saturated rings. The van der Waals surface area contributed by atoms with Crippen molar-refractivity contribution in [3.8, 4) is 17.2 Å². The highest BCUT2D eigenvalue weighted by Gasteiger charge is 2.16. The predicted molar refractivity (Wildman–Crippen MR) is 75.2 cm³/mol. The van der Waals surface area contributed by atoms with E-state index in [1.54, 1.807) is 25.1 Å². The van der Waals surface area contributed by atoms with Crippen LogP contribution in [0.15, 0.2) is 30.9 Å². The van der Waals surface area contributed by atoms with E-state index in [0.29, 0.717) is 30.5 Å². The highest BCUT2D eigenvalue weighted by molar-refractivity contribution is 5.81. The van der Waals surface area contributed by atoms with Gasteiger partial charge in [-0.2, -0.15) is 0 Å². The van der Waals surface area contributed by atoms with Gasteiger partial charge in [-0.25, -0.2) is 4.79 Å². The molecule has 0 amide bonds. The van der Waals surface area contributed by atoms with Crippen LogP contribution in [0.1, 0.15) is 20.8 Å². The first-order valence-electron chi connectivity index (χ1n) is 6.50. The van der Waals surface area contributed by atoms with E-state index in [4.69, 9.17) is 18.9 Å². The molecular formula is C15H20O5. The first kappa shape index (κ1) is 15.9. The predicted octanol–water partition coefficient (Wildman–Crippen LogP) is 2.94. The number of esters is 1. The number of para-hydroxylation sites is 1. The zero-order valence-electron chi connectivity index (χ0n) is 12.0. The van der Waals surface area contributed by atoms with Crippen LogP contribution in [0.3, 0.4) is 0 Å². The maximum absolute atomic E-state index is 11.1. The monoisotopic (exact) mass is 280 g/mol. The summed E-state index contributed by atoms with van der Waals surface area (Å²) in [6.45, 7) is 9.69. The van der Waals surface area contributed by atoms with Gasteiger partial charge in [0.25, 0.3) is 0 Å². The molecule has 0 aromatic heterocycles. The third-order valence-corrected chi connectivity index (χ3v) is 2.27. The van der Waals surface area contributed by atoms with Gasteiger partial charge in [0.05, 0.1) is 13.2 Å². The van der Waals surface area contributed by atoms with Crippen LogP contribution in [0.4, 0.5) is 0 Å². The molecule has 1 rings (SSSR count). The van der Waals surface area contributed by atoms with E-state index in [0.717, 1.165) is 6.08 Å². The third-order valence-electron chi connectivity index (χ3n) is 2.27. The Balaban J connectivity index is 2.89. The van der Waals surface area contributed by atoms with Gasteiger partial charge in [-0.1, -0.05) is 12.6 Å². The number of ether oxygens (including phenoxy) is 4. The van der Waals surface area contributed by atoms with E-state index in [2.05, 4.69) is 6.58 Å². The SMILES string of the molecule is C=CC(=O)OC(C)Oc1cccc(OCC)c1OCC. The Kier molecular flexibility index (Phi) is 6.43.